The van der Waals surface area contributed by atoms with Crippen LogP contribution in [0, 0.1) is 0 Å². The molecule has 1 aliphatic rings. The highest BCUT2D eigenvalue weighted by molar-refractivity contribution is 9.11. The maximum Gasteiger partial charge on any atom is 0.166 e. The predicted molar refractivity (Wildman–Crippen MR) is 88.3 cm³/mol. The van der Waals surface area contributed by atoms with E-state index in [0.717, 1.165) is 23.9 Å². The van der Waals surface area contributed by atoms with E-state index in [4.69, 9.17) is 0 Å². The summed E-state index contributed by atoms with van der Waals surface area (Å²) in [4.78, 5) is 17.4. The Bertz CT molecular complexity index is 547. The lowest BCUT2D eigenvalue weighted by Crippen LogP contribution is -2.39. The van der Waals surface area contributed by atoms with Crippen LogP contribution in [0.25, 0.3) is 0 Å². The SMILES string of the molecule is CN(C)/C=C(Br)\C=C(/C=O)Nc1ccc(C2CNC2)cn1. The minimum atomic E-state index is 0.450. The van der Waals surface area contributed by atoms with Crippen molar-refractivity contribution in [1.82, 2.24) is 15.2 Å². The first-order valence-electron chi connectivity index (χ1n) is 6.73. The zero-order valence-corrected chi connectivity index (χ0v) is 13.7. The molecule has 1 aliphatic heterocycles. The summed E-state index contributed by atoms with van der Waals surface area (Å²) in [5.41, 5.74) is 1.68. The van der Waals surface area contributed by atoms with E-state index in [1.165, 1.54) is 5.56 Å². The molecule has 2 heterocycles. The molecule has 0 bridgehead atoms. The van der Waals surface area contributed by atoms with Crippen molar-refractivity contribution >= 4 is 28.0 Å². The second-order valence-corrected chi connectivity index (χ2v) is 6.07. The molecule has 0 unspecified atom stereocenters. The van der Waals surface area contributed by atoms with Gasteiger partial charge < -0.3 is 15.5 Å². The first-order valence-corrected chi connectivity index (χ1v) is 7.52. The molecular formula is C15H19BrN4O. The molecule has 5 nitrogen and oxygen atoms in total. The number of carbonyl (C=O) groups excluding carboxylic acids is 1. The molecular weight excluding hydrogens is 332 g/mol. The number of aromatic nitrogens is 1. The number of aldehydes is 1. The van der Waals surface area contributed by atoms with Crippen LogP contribution in [0.4, 0.5) is 5.82 Å². The van der Waals surface area contributed by atoms with Crippen molar-refractivity contribution in [3.8, 4) is 0 Å². The Morgan fingerprint density at radius 3 is 2.71 bits per heavy atom. The van der Waals surface area contributed by atoms with Crippen molar-refractivity contribution in [2.75, 3.05) is 32.5 Å². The maximum atomic E-state index is 11.1. The summed E-state index contributed by atoms with van der Waals surface area (Å²) in [6.07, 6.45) is 6.22. The highest BCUT2D eigenvalue weighted by Gasteiger charge is 2.18. The first kappa shape index (κ1) is 15.7. The molecule has 2 rings (SSSR count). The highest BCUT2D eigenvalue weighted by Crippen LogP contribution is 2.20. The van der Waals surface area contributed by atoms with E-state index in [9.17, 15) is 4.79 Å². The fourth-order valence-electron chi connectivity index (χ4n) is 1.93. The number of anilines is 1. The lowest BCUT2D eigenvalue weighted by molar-refractivity contribution is -0.104. The number of halogens is 1. The molecule has 21 heavy (non-hydrogen) atoms. The van der Waals surface area contributed by atoms with Gasteiger partial charge >= 0.3 is 0 Å². The minimum absolute atomic E-state index is 0.450. The van der Waals surface area contributed by atoms with Gasteiger partial charge in [0, 0.05) is 50.0 Å². The van der Waals surface area contributed by atoms with Crippen LogP contribution in [0.15, 0.2) is 40.8 Å². The van der Waals surface area contributed by atoms with Crippen LogP contribution < -0.4 is 10.6 Å². The third-order valence-electron chi connectivity index (χ3n) is 3.11. The van der Waals surface area contributed by atoms with Crippen LogP contribution in [0.1, 0.15) is 11.5 Å². The standard InChI is InChI=1S/C15H19BrN4O/c1-20(2)9-13(16)5-14(10-21)19-15-4-3-11(8-18-15)12-6-17-7-12/h3-5,8-10,12,17H,6-7H2,1-2H3,(H,18,19)/b13-9+,14-5+. The molecule has 0 radical (unpaired) electrons. The monoisotopic (exact) mass is 350 g/mol. The van der Waals surface area contributed by atoms with Crippen molar-refractivity contribution in [3.05, 3.63) is 46.3 Å². The quantitative estimate of drug-likeness (QED) is 0.467. The summed E-state index contributed by atoms with van der Waals surface area (Å²) in [5.74, 6) is 1.22. The van der Waals surface area contributed by atoms with Crippen molar-refractivity contribution in [2.24, 2.45) is 0 Å². The average Bonchev–Trinajstić information content (AvgIpc) is 2.37. The van der Waals surface area contributed by atoms with Gasteiger partial charge in [-0.2, -0.15) is 0 Å². The van der Waals surface area contributed by atoms with Gasteiger partial charge in [-0.05, 0) is 33.6 Å². The molecule has 0 aromatic carbocycles. The third kappa shape index (κ3) is 4.68. The molecule has 1 aromatic rings. The number of allylic oxidation sites excluding steroid dienone is 3. The number of rotatable bonds is 6. The van der Waals surface area contributed by atoms with E-state index >= 15 is 0 Å². The summed E-state index contributed by atoms with van der Waals surface area (Å²) < 4.78 is 0.805. The minimum Gasteiger partial charge on any atom is -0.383 e. The second-order valence-electron chi connectivity index (χ2n) is 5.15. The second kappa shape index (κ2) is 7.38. The molecule has 0 atom stereocenters. The molecule has 1 saturated heterocycles. The van der Waals surface area contributed by atoms with Gasteiger partial charge in [0.15, 0.2) is 6.29 Å². The topological polar surface area (TPSA) is 57.3 Å². The van der Waals surface area contributed by atoms with Crippen LogP contribution >= 0.6 is 15.9 Å². The van der Waals surface area contributed by atoms with Gasteiger partial charge in [-0.3, -0.25) is 4.79 Å². The Labute approximate surface area is 133 Å². The molecule has 112 valence electrons. The highest BCUT2D eigenvalue weighted by atomic mass is 79.9. The molecule has 0 spiro atoms. The Kier molecular flexibility index (Phi) is 5.52. The summed E-state index contributed by atoms with van der Waals surface area (Å²) in [5, 5.41) is 6.25. The van der Waals surface area contributed by atoms with Gasteiger partial charge in [0.1, 0.15) is 5.82 Å². The van der Waals surface area contributed by atoms with Crippen LogP contribution in [0.2, 0.25) is 0 Å². The molecule has 1 fully saturated rings. The summed E-state index contributed by atoms with van der Waals surface area (Å²) >= 11 is 3.40. The lowest BCUT2D eigenvalue weighted by Gasteiger charge is -2.27. The fourth-order valence-corrected chi connectivity index (χ4v) is 2.58. The van der Waals surface area contributed by atoms with Crippen LogP contribution in [-0.4, -0.2) is 43.4 Å². The molecule has 6 heteroatoms. The first-order chi connectivity index (χ1) is 10.1. The number of carbonyl (C=O) groups is 1. The Morgan fingerprint density at radius 2 is 2.24 bits per heavy atom. The molecule has 0 amide bonds. The zero-order chi connectivity index (χ0) is 15.2. The third-order valence-corrected chi connectivity index (χ3v) is 3.55. The lowest BCUT2D eigenvalue weighted by atomic mass is 9.95. The van der Waals surface area contributed by atoms with Crippen LogP contribution in [-0.2, 0) is 4.79 Å². The van der Waals surface area contributed by atoms with Gasteiger partial charge in [-0.15, -0.1) is 0 Å². The van der Waals surface area contributed by atoms with Crippen molar-refractivity contribution in [1.29, 1.82) is 0 Å². The number of hydrogen-bond donors (Lipinski definition) is 2. The molecule has 0 aliphatic carbocycles. The van der Waals surface area contributed by atoms with Gasteiger partial charge in [0.25, 0.3) is 0 Å². The maximum absolute atomic E-state index is 11.1. The largest absolute Gasteiger partial charge is 0.383 e. The summed E-state index contributed by atoms with van der Waals surface area (Å²) in [6.45, 7) is 2.02. The van der Waals surface area contributed by atoms with E-state index in [1.807, 2.05) is 43.5 Å². The van der Waals surface area contributed by atoms with Crippen molar-refractivity contribution < 1.29 is 4.79 Å². The van der Waals surface area contributed by atoms with Crippen LogP contribution in [0.3, 0.4) is 0 Å². The predicted octanol–water partition coefficient (Wildman–Crippen LogP) is 2.06. The van der Waals surface area contributed by atoms with E-state index < -0.39 is 0 Å². The van der Waals surface area contributed by atoms with E-state index in [1.54, 1.807) is 6.08 Å². The molecule has 0 saturated carbocycles. The molecule has 2 N–H and O–H groups in total. The van der Waals surface area contributed by atoms with E-state index in [-0.39, 0.29) is 0 Å². The fraction of sp³-hybridized carbons (Fsp3) is 0.333. The zero-order valence-electron chi connectivity index (χ0n) is 12.1. The van der Waals surface area contributed by atoms with Gasteiger partial charge in [-0.1, -0.05) is 6.07 Å². The Hall–Kier alpha value is -1.66. The van der Waals surface area contributed by atoms with Gasteiger partial charge in [-0.25, -0.2) is 4.98 Å². The number of hydrogen-bond acceptors (Lipinski definition) is 5. The van der Waals surface area contributed by atoms with Crippen molar-refractivity contribution in [3.63, 3.8) is 0 Å². The van der Waals surface area contributed by atoms with E-state index in [2.05, 4.69) is 31.5 Å². The Morgan fingerprint density at radius 1 is 1.48 bits per heavy atom. The van der Waals surface area contributed by atoms with Gasteiger partial charge in [0.2, 0.25) is 0 Å². The number of nitrogens with one attached hydrogen (secondary N) is 2. The van der Waals surface area contributed by atoms with E-state index in [0.29, 0.717) is 17.4 Å². The number of pyridine rings is 1. The Balaban J connectivity index is 2.04. The average molecular weight is 351 g/mol. The summed E-state index contributed by atoms with van der Waals surface area (Å²) in [6, 6.07) is 3.95. The van der Waals surface area contributed by atoms with Gasteiger partial charge in [0.05, 0.1) is 5.70 Å². The van der Waals surface area contributed by atoms with Crippen LogP contribution in [0.5, 0.6) is 0 Å². The smallest absolute Gasteiger partial charge is 0.166 e. The number of nitrogens with zero attached hydrogens (tertiary/aromatic N) is 2. The van der Waals surface area contributed by atoms with Crippen molar-refractivity contribution in [2.45, 2.75) is 5.92 Å². The normalized spacial score (nSPS) is 16.3. The molecule has 1 aromatic heterocycles. The summed E-state index contributed by atoms with van der Waals surface area (Å²) in [7, 11) is 3.83.